The van der Waals surface area contributed by atoms with Crippen LogP contribution in [0.5, 0.6) is 5.75 Å². The Labute approximate surface area is 169 Å². The summed E-state index contributed by atoms with van der Waals surface area (Å²) in [6, 6.07) is 18.1. The van der Waals surface area contributed by atoms with E-state index in [1.54, 1.807) is 18.9 Å². The lowest BCUT2D eigenvalue weighted by Crippen LogP contribution is -2.49. The molecule has 2 heterocycles. The maximum atomic E-state index is 13.2. The number of ether oxygens (including phenoxy) is 2. The number of piperazine rings is 1. The lowest BCUT2D eigenvalue weighted by molar-refractivity contribution is -0.131. The van der Waals surface area contributed by atoms with Crippen LogP contribution in [0, 0.1) is 0 Å². The van der Waals surface area contributed by atoms with Gasteiger partial charge in [0.25, 0.3) is 5.91 Å². The first-order valence-electron chi connectivity index (χ1n) is 9.50. The zero-order valence-electron chi connectivity index (χ0n) is 16.0. The van der Waals surface area contributed by atoms with Crippen molar-refractivity contribution in [3.05, 3.63) is 65.9 Å². The normalized spacial score (nSPS) is 17.3. The molecular weight excluding hydrogens is 372 g/mol. The van der Waals surface area contributed by atoms with Crippen LogP contribution in [-0.4, -0.2) is 56.5 Å². The Hall–Kier alpha value is -2.60. The van der Waals surface area contributed by atoms with Gasteiger partial charge in [0.15, 0.2) is 5.76 Å². The van der Waals surface area contributed by atoms with Crippen molar-refractivity contribution in [2.45, 2.75) is 0 Å². The molecule has 5 nitrogen and oxygen atoms in total. The third-order valence-electron chi connectivity index (χ3n) is 5.02. The lowest BCUT2D eigenvalue weighted by Gasteiger charge is -2.37. The molecule has 2 aliphatic heterocycles. The molecule has 0 aromatic heterocycles. The van der Waals surface area contributed by atoms with Crippen LogP contribution in [0.1, 0.15) is 5.56 Å². The van der Waals surface area contributed by atoms with Crippen molar-refractivity contribution < 1.29 is 14.3 Å². The van der Waals surface area contributed by atoms with Crippen molar-refractivity contribution in [3.8, 4) is 5.75 Å². The molecule has 1 fully saturated rings. The van der Waals surface area contributed by atoms with Gasteiger partial charge in [-0.1, -0.05) is 30.3 Å². The van der Waals surface area contributed by atoms with E-state index in [0.717, 1.165) is 40.7 Å². The quantitative estimate of drug-likeness (QED) is 0.792. The second-order valence-electron chi connectivity index (χ2n) is 6.70. The molecule has 0 saturated carbocycles. The van der Waals surface area contributed by atoms with Gasteiger partial charge in [-0.25, -0.2) is 0 Å². The number of methoxy groups -OCH3 is 1. The molecule has 0 bridgehead atoms. The molecule has 0 N–H and O–H groups in total. The summed E-state index contributed by atoms with van der Waals surface area (Å²) < 4.78 is 11.1. The van der Waals surface area contributed by atoms with Crippen molar-refractivity contribution in [1.82, 2.24) is 4.90 Å². The molecule has 1 saturated heterocycles. The van der Waals surface area contributed by atoms with E-state index in [1.807, 2.05) is 47.4 Å². The van der Waals surface area contributed by atoms with Gasteiger partial charge in [-0.2, -0.15) is 0 Å². The van der Waals surface area contributed by atoms with Gasteiger partial charge in [0.1, 0.15) is 5.75 Å². The number of nitrogens with zero attached hydrogens (tertiary/aromatic N) is 2. The van der Waals surface area contributed by atoms with Crippen LogP contribution in [0.3, 0.4) is 0 Å². The highest BCUT2D eigenvalue weighted by molar-refractivity contribution is 8.08. The second kappa shape index (κ2) is 8.61. The zero-order chi connectivity index (χ0) is 19.3. The number of rotatable bonds is 4. The van der Waals surface area contributed by atoms with Crippen LogP contribution >= 0.6 is 11.8 Å². The summed E-state index contributed by atoms with van der Waals surface area (Å²) in [5.74, 6) is 2.22. The van der Waals surface area contributed by atoms with Crippen LogP contribution < -0.4 is 9.64 Å². The van der Waals surface area contributed by atoms with E-state index >= 15 is 0 Å². The Balaban J connectivity index is 1.46. The fourth-order valence-electron chi connectivity index (χ4n) is 3.49. The fourth-order valence-corrected chi connectivity index (χ4v) is 4.44. The molecule has 2 aromatic carbocycles. The number of anilines is 1. The molecule has 2 aliphatic rings. The second-order valence-corrected chi connectivity index (χ2v) is 7.80. The molecule has 146 valence electrons. The molecule has 0 spiro atoms. The van der Waals surface area contributed by atoms with Crippen molar-refractivity contribution in [2.24, 2.45) is 0 Å². The third-order valence-corrected chi connectivity index (χ3v) is 6.10. The minimum atomic E-state index is 0.000402. The molecule has 2 aromatic rings. The molecular formula is C22H24N2O3S. The molecule has 1 amide bonds. The lowest BCUT2D eigenvalue weighted by atomic mass is 10.1. The van der Waals surface area contributed by atoms with E-state index in [9.17, 15) is 4.79 Å². The minimum absolute atomic E-state index is 0.000402. The highest BCUT2D eigenvalue weighted by Gasteiger charge is 2.29. The molecule has 0 radical (unpaired) electrons. The monoisotopic (exact) mass is 396 g/mol. The van der Waals surface area contributed by atoms with Crippen LogP contribution in [0.4, 0.5) is 5.69 Å². The highest BCUT2D eigenvalue weighted by Crippen LogP contribution is 2.35. The molecule has 0 aliphatic carbocycles. The minimum Gasteiger partial charge on any atom is -0.497 e. The van der Waals surface area contributed by atoms with Crippen molar-refractivity contribution in [1.29, 1.82) is 0 Å². The summed E-state index contributed by atoms with van der Waals surface area (Å²) in [7, 11) is 1.67. The molecule has 0 unspecified atom stereocenters. The number of carbonyl (C=O) groups is 1. The summed E-state index contributed by atoms with van der Waals surface area (Å²) in [6.07, 6.45) is 0. The van der Waals surface area contributed by atoms with Crippen molar-refractivity contribution in [2.75, 3.05) is 50.5 Å². The molecule has 4 rings (SSSR count). The van der Waals surface area contributed by atoms with E-state index in [2.05, 4.69) is 17.0 Å². The average molecular weight is 397 g/mol. The van der Waals surface area contributed by atoms with Gasteiger partial charge in [0.2, 0.25) is 0 Å². The first-order chi connectivity index (χ1) is 13.8. The molecule has 0 atom stereocenters. The van der Waals surface area contributed by atoms with E-state index in [-0.39, 0.29) is 5.91 Å². The van der Waals surface area contributed by atoms with Crippen LogP contribution in [-0.2, 0) is 9.53 Å². The maximum Gasteiger partial charge on any atom is 0.290 e. The summed E-state index contributed by atoms with van der Waals surface area (Å²) in [6.45, 7) is 3.56. The summed E-state index contributed by atoms with van der Waals surface area (Å²) in [5.41, 5.74) is 2.20. The van der Waals surface area contributed by atoms with Crippen LogP contribution in [0.25, 0.3) is 4.91 Å². The van der Waals surface area contributed by atoms with E-state index < -0.39 is 0 Å². The number of thioether (sulfide) groups is 1. The Morgan fingerprint density at radius 1 is 1.00 bits per heavy atom. The largest absolute Gasteiger partial charge is 0.497 e. The van der Waals surface area contributed by atoms with Gasteiger partial charge in [-0.3, -0.25) is 4.79 Å². The number of carbonyl (C=O) groups excluding carboxylic acids is 1. The Bertz CT molecular complexity index is 844. The third kappa shape index (κ3) is 3.97. The highest BCUT2D eigenvalue weighted by atomic mass is 32.2. The van der Waals surface area contributed by atoms with Gasteiger partial charge in [-0.05, 0) is 29.8 Å². The average Bonchev–Trinajstić information content (AvgIpc) is 2.79. The van der Waals surface area contributed by atoms with E-state index in [4.69, 9.17) is 9.47 Å². The van der Waals surface area contributed by atoms with E-state index in [0.29, 0.717) is 25.5 Å². The molecule has 28 heavy (non-hydrogen) atoms. The fraction of sp³-hybridized carbons (Fsp3) is 0.318. The van der Waals surface area contributed by atoms with Gasteiger partial charge >= 0.3 is 0 Å². The number of benzene rings is 2. The van der Waals surface area contributed by atoms with Crippen LogP contribution in [0.2, 0.25) is 0 Å². The van der Waals surface area contributed by atoms with E-state index in [1.165, 1.54) is 0 Å². The SMILES string of the molecule is COc1ccc(N2CCN(C(=O)C3=C(c4ccccc4)SCCO3)CC2)cc1. The summed E-state index contributed by atoms with van der Waals surface area (Å²) in [5, 5.41) is 0. The zero-order valence-corrected chi connectivity index (χ0v) is 16.8. The first kappa shape index (κ1) is 18.7. The number of hydrogen-bond acceptors (Lipinski definition) is 5. The van der Waals surface area contributed by atoms with Crippen molar-refractivity contribution in [3.63, 3.8) is 0 Å². The van der Waals surface area contributed by atoms with Crippen LogP contribution in [0.15, 0.2) is 60.4 Å². The maximum absolute atomic E-state index is 13.2. The Morgan fingerprint density at radius 2 is 1.71 bits per heavy atom. The smallest absolute Gasteiger partial charge is 0.290 e. The number of amides is 1. The van der Waals surface area contributed by atoms with Gasteiger partial charge in [-0.15, -0.1) is 11.8 Å². The Kier molecular flexibility index (Phi) is 5.76. The van der Waals surface area contributed by atoms with Crippen molar-refractivity contribution >= 4 is 28.3 Å². The molecule has 6 heteroatoms. The summed E-state index contributed by atoms with van der Waals surface area (Å²) >= 11 is 1.70. The predicted octanol–water partition coefficient (Wildman–Crippen LogP) is 3.48. The number of hydrogen-bond donors (Lipinski definition) is 0. The summed E-state index contributed by atoms with van der Waals surface area (Å²) in [4.78, 5) is 18.3. The first-order valence-corrected chi connectivity index (χ1v) is 10.5. The topological polar surface area (TPSA) is 42.0 Å². The standard InChI is InChI=1S/C22H24N2O3S/c1-26-19-9-7-18(8-10-19)23-11-13-24(14-12-23)22(25)20-21(28-16-15-27-20)17-5-3-2-4-6-17/h2-10H,11-16H2,1H3. The predicted molar refractivity (Wildman–Crippen MR) is 114 cm³/mol. The van der Waals surface area contributed by atoms with Gasteiger partial charge in [0, 0.05) is 37.6 Å². The van der Waals surface area contributed by atoms with Gasteiger partial charge in [0.05, 0.1) is 18.6 Å². The van der Waals surface area contributed by atoms with Gasteiger partial charge < -0.3 is 19.3 Å². The Morgan fingerprint density at radius 3 is 2.39 bits per heavy atom.